The van der Waals surface area contributed by atoms with Gasteiger partial charge in [-0.2, -0.15) is 5.26 Å². The molecule has 0 saturated carbocycles. The molecule has 1 heterocycles. The van der Waals surface area contributed by atoms with E-state index in [4.69, 9.17) is 0 Å². The number of hydrogen-bond donors (Lipinski definition) is 1. The fourth-order valence-electron chi connectivity index (χ4n) is 2.67. The molecule has 2 amide bonds. The van der Waals surface area contributed by atoms with Crippen molar-refractivity contribution in [3.63, 3.8) is 0 Å². The maximum absolute atomic E-state index is 12.2. The Bertz CT molecular complexity index is 579. The van der Waals surface area contributed by atoms with Crippen molar-refractivity contribution in [1.82, 2.24) is 4.90 Å². The highest BCUT2D eigenvalue weighted by Crippen LogP contribution is 2.28. The van der Waals surface area contributed by atoms with Gasteiger partial charge < -0.3 is 10.2 Å². The van der Waals surface area contributed by atoms with Crippen LogP contribution in [0.3, 0.4) is 0 Å². The van der Waals surface area contributed by atoms with Crippen LogP contribution in [0.2, 0.25) is 0 Å². The van der Waals surface area contributed by atoms with Crippen LogP contribution >= 0.6 is 0 Å². The number of carbonyl (C=O) groups is 2. The smallest absolute Gasteiger partial charge is 0.224 e. The summed E-state index contributed by atoms with van der Waals surface area (Å²) in [5.41, 5.74) is 0.273. The zero-order valence-corrected chi connectivity index (χ0v) is 12.8. The summed E-state index contributed by atoms with van der Waals surface area (Å²) in [6.07, 6.45) is 2.00. The standard InChI is InChI=1S/C17H21N3O2/c1-17(12-18)10-5-11-20(13-17)16(22)9-8-15(21)19-14-6-3-2-4-7-14/h2-4,6-7H,5,8-11,13H2,1H3,(H,19,21)/t17-/m0/s1. The lowest BCUT2D eigenvalue weighted by Gasteiger charge is -2.36. The molecule has 0 unspecified atom stereocenters. The summed E-state index contributed by atoms with van der Waals surface area (Å²) in [5, 5.41) is 11.9. The lowest BCUT2D eigenvalue weighted by atomic mass is 9.83. The molecule has 5 nitrogen and oxygen atoms in total. The van der Waals surface area contributed by atoms with Gasteiger partial charge in [0.1, 0.15) is 0 Å². The predicted octanol–water partition coefficient (Wildman–Crippen LogP) is 2.56. The third kappa shape index (κ3) is 4.32. The molecule has 5 heteroatoms. The van der Waals surface area contributed by atoms with Crippen LogP contribution < -0.4 is 5.32 Å². The molecule has 1 N–H and O–H groups in total. The highest BCUT2D eigenvalue weighted by atomic mass is 16.2. The Labute approximate surface area is 130 Å². The van der Waals surface area contributed by atoms with Crippen LogP contribution in [0.5, 0.6) is 0 Å². The van der Waals surface area contributed by atoms with Gasteiger partial charge in [-0.25, -0.2) is 0 Å². The number of piperidine rings is 1. The molecule has 22 heavy (non-hydrogen) atoms. The number of para-hydroxylation sites is 1. The maximum atomic E-state index is 12.2. The molecule has 2 rings (SSSR count). The van der Waals surface area contributed by atoms with E-state index in [9.17, 15) is 14.9 Å². The largest absolute Gasteiger partial charge is 0.341 e. The van der Waals surface area contributed by atoms with E-state index in [0.717, 1.165) is 18.5 Å². The first-order valence-electron chi connectivity index (χ1n) is 7.56. The second-order valence-electron chi connectivity index (χ2n) is 6.01. The van der Waals surface area contributed by atoms with Crippen molar-refractivity contribution in [3.05, 3.63) is 30.3 Å². The molecule has 0 radical (unpaired) electrons. The molecule has 1 fully saturated rings. The number of anilines is 1. The second-order valence-corrected chi connectivity index (χ2v) is 6.01. The minimum atomic E-state index is -0.458. The summed E-state index contributed by atoms with van der Waals surface area (Å²) in [4.78, 5) is 25.8. The highest BCUT2D eigenvalue weighted by molar-refractivity contribution is 5.93. The molecular formula is C17H21N3O2. The van der Waals surface area contributed by atoms with Gasteiger partial charge in [-0.3, -0.25) is 9.59 Å². The fraction of sp³-hybridized carbons (Fsp3) is 0.471. The van der Waals surface area contributed by atoms with E-state index in [2.05, 4.69) is 11.4 Å². The third-order valence-corrected chi connectivity index (χ3v) is 3.94. The second kappa shape index (κ2) is 7.08. The van der Waals surface area contributed by atoms with Crippen molar-refractivity contribution in [1.29, 1.82) is 5.26 Å². The first kappa shape index (κ1) is 16.0. The summed E-state index contributed by atoms with van der Waals surface area (Å²) < 4.78 is 0. The number of benzene rings is 1. The van der Waals surface area contributed by atoms with Crippen LogP contribution in [0, 0.1) is 16.7 Å². The molecular weight excluding hydrogens is 278 g/mol. The van der Waals surface area contributed by atoms with Gasteiger partial charge in [-0.05, 0) is 31.9 Å². The Balaban J connectivity index is 1.80. The quantitative estimate of drug-likeness (QED) is 0.928. The topological polar surface area (TPSA) is 73.2 Å². The number of nitrogens with one attached hydrogen (secondary N) is 1. The Morgan fingerprint density at radius 3 is 2.73 bits per heavy atom. The summed E-state index contributed by atoms with van der Waals surface area (Å²) >= 11 is 0. The first-order valence-corrected chi connectivity index (χ1v) is 7.56. The number of nitriles is 1. The molecule has 0 spiro atoms. The highest BCUT2D eigenvalue weighted by Gasteiger charge is 2.32. The van der Waals surface area contributed by atoms with Crippen LogP contribution in [0.25, 0.3) is 0 Å². The van der Waals surface area contributed by atoms with E-state index in [0.29, 0.717) is 13.1 Å². The van der Waals surface area contributed by atoms with E-state index < -0.39 is 5.41 Å². The molecule has 1 aliphatic rings. The van der Waals surface area contributed by atoms with Crippen molar-refractivity contribution in [2.75, 3.05) is 18.4 Å². The third-order valence-electron chi connectivity index (χ3n) is 3.94. The van der Waals surface area contributed by atoms with Gasteiger partial charge in [0.05, 0.1) is 11.5 Å². The molecule has 1 saturated heterocycles. The monoisotopic (exact) mass is 299 g/mol. The van der Waals surface area contributed by atoms with Gasteiger partial charge in [0, 0.05) is 31.6 Å². The van der Waals surface area contributed by atoms with E-state index in [1.165, 1.54) is 0 Å². The van der Waals surface area contributed by atoms with Gasteiger partial charge in [-0.1, -0.05) is 18.2 Å². The van der Waals surface area contributed by atoms with Crippen molar-refractivity contribution < 1.29 is 9.59 Å². The van der Waals surface area contributed by atoms with Gasteiger partial charge in [-0.15, -0.1) is 0 Å². The normalized spacial score (nSPS) is 21.0. The summed E-state index contributed by atoms with van der Waals surface area (Å²) in [7, 11) is 0. The number of carbonyl (C=O) groups excluding carboxylic acids is 2. The Morgan fingerprint density at radius 2 is 2.05 bits per heavy atom. The van der Waals surface area contributed by atoms with E-state index in [1.54, 1.807) is 4.90 Å². The minimum Gasteiger partial charge on any atom is -0.341 e. The van der Waals surface area contributed by atoms with Gasteiger partial charge >= 0.3 is 0 Å². The number of amides is 2. The van der Waals surface area contributed by atoms with Gasteiger partial charge in [0.2, 0.25) is 11.8 Å². The van der Waals surface area contributed by atoms with E-state index in [1.807, 2.05) is 37.3 Å². The lowest BCUT2D eigenvalue weighted by Crippen LogP contribution is -2.44. The van der Waals surface area contributed by atoms with E-state index in [-0.39, 0.29) is 24.7 Å². The van der Waals surface area contributed by atoms with Crippen LogP contribution in [0.15, 0.2) is 30.3 Å². The lowest BCUT2D eigenvalue weighted by molar-refractivity contribution is -0.135. The number of likely N-dealkylation sites (tertiary alicyclic amines) is 1. The molecule has 116 valence electrons. The molecule has 0 aromatic heterocycles. The van der Waals surface area contributed by atoms with Crippen molar-refractivity contribution in [2.24, 2.45) is 5.41 Å². The average Bonchev–Trinajstić information content (AvgIpc) is 2.53. The van der Waals surface area contributed by atoms with Crippen molar-refractivity contribution in [2.45, 2.75) is 32.6 Å². The number of nitrogens with zero attached hydrogens (tertiary/aromatic N) is 2. The molecule has 0 aliphatic carbocycles. The Kier molecular flexibility index (Phi) is 5.16. The SMILES string of the molecule is C[C@@]1(C#N)CCCN(C(=O)CCC(=O)Nc2ccccc2)C1. The molecule has 0 bridgehead atoms. The van der Waals surface area contributed by atoms with Gasteiger partial charge in [0.15, 0.2) is 0 Å². The predicted molar refractivity (Wildman–Crippen MR) is 83.8 cm³/mol. The Hall–Kier alpha value is -2.35. The summed E-state index contributed by atoms with van der Waals surface area (Å²) in [5.74, 6) is -0.219. The minimum absolute atomic E-state index is 0.0515. The van der Waals surface area contributed by atoms with Crippen LogP contribution in [0.4, 0.5) is 5.69 Å². The van der Waals surface area contributed by atoms with Crippen LogP contribution in [0.1, 0.15) is 32.6 Å². The molecule has 1 aromatic carbocycles. The number of hydrogen-bond acceptors (Lipinski definition) is 3. The maximum Gasteiger partial charge on any atom is 0.224 e. The summed E-state index contributed by atoms with van der Waals surface area (Å²) in [6, 6.07) is 11.5. The van der Waals surface area contributed by atoms with Crippen molar-refractivity contribution >= 4 is 17.5 Å². The zero-order valence-electron chi connectivity index (χ0n) is 12.8. The Morgan fingerprint density at radius 1 is 1.32 bits per heavy atom. The fourth-order valence-corrected chi connectivity index (χ4v) is 2.67. The molecule has 1 atom stereocenters. The van der Waals surface area contributed by atoms with Crippen molar-refractivity contribution in [3.8, 4) is 6.07 Å². The molecule has 1 aliphatic heterocycles. The average molecular weight is 299 g/mol. The van der Waals surface area contributed by atoms with Crippen LogP contribution in [-0.4, -0.2) is 29.8 Å². The molecule has 1 aromatic rings. The van der Waals surface area contributed by atoms with Crippen LogP contribution in [-0.2, 0) is 9.59 Å². The van der Waals surface area contributed by atoms with E-state index >= 15 is 0 Å². The first-order chi connectivity index (χ1) is 10.5. The van der Waals surface area contributed by atoms with Gasteiger partial charge in [0.25, 0.3) is 0 Å². The number of rotatable bonds is 4. The summed E-state index contributed by atoms with van der Waals surface area (Å²) in [6.45, 7) is 3.02. The zero-order chi connectivity index (χ0) is 16.0.